The number of piperidine rings is 1. The first-order valence-corrected chi connectivity index (χ1v) is 4.54. The second kappa shape index (κ2) is 4.36. The molecule has 0 aliphatic carbocycles. The molecule has 0 saturated carbocycles. The Morgan fingerprint density at radius 3 is 2.50 bits per heavy atom. The normalized spacial score (nSPS) is 20.5. The van der Waals surface area contributed by atoms with Gasteiger partial charge >= 0.3 is 0 Å². The van der Waals surface area contributed by atoms with E-state index < -0.39 is 0 Å². The molecule has 70 valence electrons. The molecule has 1 fully saturated rings. The third-order valence-electron chi connectivity index (χ3n) is 2.40. The van der Waals surface area contributed by atoms with Crippen LogP contribution in [0.5, 0.6) is 0 Å². The number of hydrogen-bond acceptors (Lipinski definition) is 3. The summed E-state index contributed by atoms with van der Waals surface area (Å²) in [6.07, 6.45) is 2.44. The lowest BCUT2D eigenvalue weighted by Crippen LogP contribution is -2.42. The Morgan fingerprint density at radius 2 is 2.00 bits per heavy atom. The molecule has 0 atom stereocenters. The average Bonchev–Trinajstić information content (AvgIpc) is 2.09. The summed E-state index contributed by atoms with van der Waals surface area (Å²) < 4.78 is 0. The van der Waals surface area contributed by atoms with Crippen LogP contribution in [0.15, 0.2) is 12.4 Å². The van der Waals surface area contributed by atoms with Crippen molar-refractivity contribution < 1.29 is 0 Å². The third kappa shape index (κ3) is 2.74. The van der Waals surface area contributed by atoms with Crippen LogP contribution in [0.1, 0.15) is 12.8 Å². The van der Waals surface area contributed by atoms with Gasteiger partial charge in [0.15, 0.2) is 0 Å². The molecule has 3 heteroatoms. The molecule has 0 amide bonds. The Hall–Kier alpha value is -0.700. The van der Waals surface area contributed by atoms with Crippen LogP contribution < -0.4 is 10.6 Å². The Kier molecular flexibility index (Phi) is 3.41. The van der Waals surface area contributed by atoms with Crippen molar-refractivity contribution in [2.45, 2.75) is 18.9 Å². The topological polar surface area (TPSA) is 27.3 Å². The number of likely N-dealkylation sites (tertiary alicyclic amines) is 1. The van der Waals surface area contributed by atoms with Crippen LogP contribution in [0, 0.1) is 0 Å². The highest BCUT2D eigenvalue weighted by Crippen LogP contribution is 2.08. The zero-order valence-electron chi connectivity index (χ0n) is 8.06. The van der Waals surface area contributed by atoms with Crippen LogP contribution in [0.4, 0.5) is 0 Å². The number of nitrogens with zero attached hydrogens (tertiary/aromatic N) is 1. The van der Waals surface area contributed by atoms with Gasteiger partial charge in [0.1, 0.15) is 0 Å². The van der Waals surface area contributed by atoms with Crippen LogP contribution >= 0.6 is 0 Å². The molecule has 1 aliphatic heterocycles. The predicted molar refractivity (Wildman–Crippen MR) is 51.9 cm³/mol. The van der Waals surface area contributed by atoms with E-state index in [4.69, 9.17) is 0 Å². The van der Waals surface area contributed by atoms with Gasteiger partial charge in [0.2, 0.25) is 0 Å². The van der Waals surface area contributed by atoms with Gasteiger partial charge in [0.05, 0.1) is 5.82 Å². The second-order valence-electron chi connectivity index (χ2n) is 3.45. The molecule has 1 aliphatic rings. The van der Waals surface area contributed by atoms with E-state index in [2.05, 4.69) is 29.2 Å². The zero-order valence-corrected chi connectivity index (χ0v) is 8.06. The van der Waals surface area contributed by atoms with Gasteiger partial charge in [0.25, 0.3) is 0 Å². The van der Waals surface area contributed by atoms with Crippen LogP contribution in [0.3, 0.4) is 0 Å². The van der Waals surface area contributed by atoms with Gasteiger partial charge < -0.3 is 15.5 Å². The molecule has 12 heavy (non-hydrogen) atoms. The van der Waals surface area contributed by atoms with Crippen molar-refractivity contribution in [3.8, 4) is 0 Å². The first-order valence-electron chi connectivity index (χ1n) is 4.54. The molecule has 2 N–H and O–H groups in total. The predicted octanol–water partition coefficient (Wildman–Crippen LogP) is 0.361. The van der Waals surface area contributed by atoms with E-state index in [1.165, 1.54) is 25.9 Å². The molecular formula is C9H19N3. The highest BCUT2D eigenvalue weighted by atomic mass is 15.1. The van der Waals surface area contributed by atoms with Gasteiger partial charge in [-0.1, -0.05) is 6.58 Å². The quantitative estimate of drug-likeness (QED) is 0.639. The van der Waals surface area contributed by atoms with Crippen molar-refractivity contribution in [2.24, 2.45) is 0 Å². The lowest BCUT2D eigenvalue weighted by Gasteiger charge is -2.30. The lowest BCUT2D eigenvalue weighted by molar-refractivity contribution is 0.240. The van der Waals surface area contributed by atoms with Gasteiger partial charge in [-0.2, -0.15) is 0 Å². The molecule has 0 spiro atoms. The Bertz CT molecular complexity index is 148. The minimum atomic E-state index is 0.612. The van der Waals surface area contributed by atoms with Gasteiger partial charge in [-0.05, 0) is 33.0 Å². The molecule has 0 radical (unpaired) electrons. The molecule has 1 heterocycles. The van der Waals surface area contributed by atoms with E-state index in [0.717, 1.165) is 5.82 Å². The minimum Gasteiger partial charge on any atom is -0.375 e. The zero-order chi connectivity index (χ0) is 8.97. The summed E-state index contributed by atoms with van der Waals surface area (Å²) in [6.45, 7) is 6.23. The monoisotopic (exact) mass is 169 g/mol. The number of hydrogen-bond donors (Lipinski definition) is 2. The Balaban J connectivity index is 2.21. The Morgan fingerprint density at radius 1 is 1.42 bits per heavy atom. The second-order valence-corrected chi connectivity index (χ2v) is 3.45. The first-order chi connectivity index (χ1) is 5.72. The van der Waals surface area contributed by atoms with E-state index >= 15 is 0 Å². The van der Waals surface area contributed by atoms with Crippen LogP contribution in [-0.4, -0.2) is 38.1 Å². The van der Waals surface area contributed by atoms with Crippen molar-refractivity contribution in [3.05, 3.63) is 12.4 Å². The van der Waals surface area contributed by atoms with Crippen LogP contribution in [-0.2, 0) is 0 Å². The van der Waals surface area contributed by atoms with E-state index in [1.807, 2.05) is 7.05 Å². The highest BCUT2D eigenvalue weighted by Gasteiger charge is 2.15. The SMILES string of the molecule is C=C(NC)NC1CCN(C)CC1. The summed E-state index contributed by atoms with van der Waals surface area (Å²) in [6, 6.07) is 0.612. The highest BCUT2D eigenvalue weighted by molar-refractivity contribution is 4.91. The fourth-order valence-corrected chi connectivity index (χ4v) is 1.47. The number of rotatable bonds is 3. The summed E-state index contributed by atoms with van der Waals surface area (Å²) in [5.41, 5.74) is 0. The van der Waals surface area contributed by atoms with E-state index in [0.29, 0.717) is 6.04 Å². The first kappa shape index (κ1) is 9.39. The smallest absolute Gasteiger partial charge is 0.0911 e. The van der Waals surface area contributed by atoms with Crippen LogP contribution in [0.2, 0.25) is 0 Å². The maximum absolute atomic E-state index is 3.85. The van der Waals surface area contributed by atoms with Gasteiger partial charge in [-0.25, -0.2) is 0 Å². The van der Waals surface area contributed by atoms with E-state index in [-0.39, 0.29) is 0 Å². The summed E-state index contributed by atoms with van der Waals surface area (Å²) in [5, 5.41) is 6.36. The van der Waals surface area contributed by atoms with Gasteiger partial charge in [-0.15, -0.1) is 0 Å². The standard InChI is InChI=1S/C9H19N3/c1-8(10-2)11-9-4-6-12(3)7-5-9/h9-11H,1,4-7H2,2-3H3. The Labute approximate surface area is 74.8 Å². The molecule has 1 rings (SSSR count). The van der Waals surface area contributed by atoms with Crippen molar-refractivity contribution in [1.29, 1.82) is 0 Å². The number of nitrogens with one attached hydrogen (secondary N) is 2. The maximum atomic E-state index is 3.85. The summed E-state index contributed by atoms with van der Waals surface area (Å²) in [7, 11) is 4.06. The molecular weight excluding hydrogens is 150 g/mol. The van der Waals surface area contributed by atoms with Crippen molar-refractivity contribution in [2.75, 3.05) is 27.2 Å². The molecule has 0 aromatic carbocycles. The van der Waals surface area contributed by atoms with Crippen molar-refractivity contribution in [3.63, 3.8) is 0 Å². The largest absolute Gasteiger partial charge is 0.375 e. The molecule has 0 aromatic rings. The van der Waals surface area contributed by atoms with Gasteiger partial charge in [-0.3, -0.25) is 0 Å². The van der Waals surface area contributed by atoms with Crippen LogP contribution in [0.25, 0.3) is 0 Å². The van der Waals surface area contributed by atoms with Gasteiger partial charge in [0, 0.05) is 13.1 Å². The molecule has 0 unspecified atom stereocenters. The lowest BCUT2D eigenvalue weighted by atomic mass is 10.1. The fourth-order valence-electron chi connectivity index (χ4n) is 1.47. The summed E-state index contributed by atoms with van der Waals surface area (Å²) in [5.74, 6) is 0.935. The fraction of sp³-hybridized carbons (Fsp3) is 0.778. The van der Waals surface area contributed by atoms with Crippen molar-refractivity contribution >= 4 is 0 Å². The minimum absolute atomic E-state index is 0.612. The van der Waals surface area contributed by atoms with Crippen molar-refractivity contribution in [1.82, 2.24) is 15.5 Å². The summed E-state index contributed by atoms with van der Waals surface area (Å²) >= 11 is 0. The average molecular weight is 169 g/mol. The van der Waals surface area contributed by atoms with E-state index in [9.17, 15) is 0 Å². The summed E-state index contributed by atoms with van der Waals surface area (Å²) in [4.78, 5) is 2.36. The molecule has 0 bridgehead atoms. The molecule has 3 nitrogen and oxygen atoms in total. The molecule has 0 aromatic heterocycles. The maximum Gasteiger partial charge on any atom is 0.0911 e. The third-order valence-corrected chi connectivity index (χ3v) is 2.40. The molecule has 1 saturated heterocycles. The van der Waals surface area contributed by atoms with E-state index in [1.54, 1.807) is 0 Å².